The van der Waals surface area contributed by atoms with E-state index in [0.717, 1.165) is 31.5 Å². The lowest BCUT2D eigenvalue weighted by Gasteiger charge is -2.35. The molecular formula is C17H23N3O2. The Morgan fingerprint density at radius 1 is 1.18 bits per heavy atom. The maximum Gasteiger partial charge on any atom is 0.243 e. The molecule has 0 bridgehead atoms. The van der Waals surface area contributed by atoms with Crippen LogP contribution in [0.5, 0.6) is 0 Å². The van der Waals surface area contributed by atoms with Crippen molar-refractivity contribution in [2.45, 2.75) is 44.3 Å². The van der Waals surface area contributed by atoms with E-state index in [2.05, 4.69) is 10.6 Å². The average molecular weight is 301 g/mol. The monoisotopic (exact) mass is 301 g/mol. The van der Waals surface area contributed by atoms with Crippen molar-refractivity contribution in [3.63, 3.8) is 0 Å². The predicted molar refractivity (Wildman–Crippen MR) is 84.0 cm³/mol. The molecule has 2 heterocycles. The SMILES string of the molecule is O=C(NCc1ccccc1)[C@@H]1CCC(=O)N1C1CCNCC1. The molecule has 0 unspecified atom stereocenters. The zero-order chi connectivity index (χ0) is 15.4. The zero-order valence-electron chi connectivity index (χ0n) is 12.8. The van der Waals surface area contributed by atoms with Gasteiger partial charge in [-0.2, -0.15) is 0 Å². The topological polar surface area (TPSA) is 61.4 Å². The fraction of sp³-hybridized carbons (Fsp3) is 0.529. The van der Waals surface area contributed by atoms with Crippen molar-refractivity contribution in [3.05, 3.63) is 35.9 Å². The molecule has 22 heavy (non-hydrogen) atoms. The summed E-state index contributed by atoms with van der Waals surface area (Å²) in [4.78, 5) is 26.5. The highest BCUT2D eigenvalue weighted by Gasteiger charge is 2.40. The van der Waals surface area contributed by atoms with E-state index in [1.807, 2.05) is 35.2 Å². The fourth-order valence-electron chi connectivity index (χ4n) is 3.41. The number of carbonyl (C=O) groups is 2. The Hall–Kier alpha value is -1.88. The number of hydrogen-bond donors (Lipinski definition) is 2. The first-order valence-electron chi connectivity index (χ1n) is 8.09. The van der Waals surface area contributed by atoms with E-state index >= 15 is 0 Å². The summed E-state index contributed by atoms with van der Waals surface area (Å²) in [6, 6.07) is 9.78. The molecular weight excluding hydrogens is 278 g/mol. The number of benzene rings is 1. The molecule has 118 valence electrons. The lowest BCUT2D eigenvalue weighted by Crippen LogP contribution is -2.52. The number of hydrogen-bond acceptors (Lipinski definition) is 3. The molecule has 0 spiro atoms. The zero-order valence-corrected chi connectivity index (χ0v) is 12.8. The van der Waals surface area contributed by atoms with E-state index in [-0.39, 0.29) is 23.9 Å². The molecule has 2 aliphatic heterocycles. The van der Waals surface area contributed by atoms with Crippen LogP contribution in [0, 0.1) is 0 Å². The second kappa shape index (κ2) is 6.92. The van der Waals surface area contributed by atoms with E-state index in [4.69, 9.17) is 0 Å². The van der Waals surface area contributed by atoms with Gasteiger partial charge in [0.2, 0.25) is 11.8 Å². The van der Waals surface area contributed by atoms with E-state index < -0.39 is 0 Å². The third-order valence-corrected chi connectivity index (χ3v) is 4.57. The summed E-state index contributed by atoms with van der Waals surface area (Å²) in [7, 11) is 0. The molecule has 0 aromatic heterocycles. The minimum atomic E-state index is -0.292. The van der Waals surface area contributed by atoms with Crippen molar-refractivity contribution in [2.24, 2.45) is 0 Å². The molecule has 1 atom stereocenters. The van der Waals surface area contributed by atoms with Crippen molar-refractivity contribution >= 4 is 11.8 Å². The van der Waals surface area contributed by atoms with Crippen LogP contribution in [0.4, 0.5) is 0 Å². The second-order valence-corrected chi connectivity index (χ2v) is 6.04. The van der Waals surface area contributed by atoms with Crippen LogP contribution in [0.25, 0.3) is 0 Å². The number of carbonyl (C=O) groups excluding carboxylic acids is 2. The highest BCUT2D eigenvalue weighted by molar-refractivity contribution is 5.91. The lowest BCUT2D eigenvalue weighted by atomic mass is 10.0. The largest absolute Gasteiger partial charge is 0.350 e. The van der Waals surface area contributed by atoms with Gasteiger partial charge in [0, 0.05) is 19.0 Å². The van der Waals surface area contributed by atoms with Gasteiger partial charge >= 0.3 is 0 Å². The Balaban J connectivity index is 1.61. The molecule has 0 radical (unpaired) electrons. The highest BCUT2D eigenvalue weighted by atomic mass is 16.2. The number of likely N-dealkylation sites (tertiary alicyclic amines) is 1. The van der Waals surface area contributed by atoms with E-state index in [0.29, 0.717) is 19.4 Å². The van der Waals surface area contributed by atoms with Crippen molar-refractivity contribution in [2.75, 3.05) is 13.1 Å². The molecule has 0 aliphatic carbocycles. The predicted octanol–water partition coefficient (Wildman–Crippen LogP) is 1.05. The standard InChI is InChI=1S/C17H23N3O2/c21-16-7-6-15(20(16)14-8-10-18-11-9-14)17(22)19-12-13-4-2-1-3-5-13/h1-5,14-15,18H,6-12H2,(H,19,22)/t15-/m0/s1. The molecule has 2 aliphatic rings. The minimum Gasteiger partial charge on any atom is -0.350 e. The number of nitrogens with zero attached hydrogens (tertiary/aromatic N) is 1. The third kappa shape index (κ3) is 3.30. The van der Waals surface area contributed by atoms with E-state index in [1.54, 1.807) is 0 Å². The summed E-state index contributed by atoms with van der Waals surface area (Å²) in [6.45, 7) is 2.37. The molecule has 5 heteroatoms. The van der Waals surface area contributed by atoms with E-state index in [1.165, 1.54) is 0 Å². The molecule has 2 amide bonds. The van der Waals surface area contributed by atoms with Crippen molar-refractivity contribution in [3.8, 4) is 0 Å². The van der Waals surface area contributed by atoms with Gasteiger partial charge in [-0.15, -0.1) is 0 Å². The number of amides is 2. The van der Waals surface area contributed by atoms with Crippen LogP contribution in [0.15, 0.2) is 30.3 Å². The summed E-state index contributed by atoms with van der Waals surface area (Å²) >= 11 is 0. The van der Waals surface area contributed by atoms with Gasteiger partial charge < -0.3 is 15.5 Å². The van der Waals surface area contributed by atoms with Crippen LogP contribution in [-0.4, -0.2) is 41.9 Å². The van der Waals surface area contributed by atoms with Gasteiger partial charge in [-0.25, -0.2) is 0 Å². The summed E-state index contributed by atoms with van der Waals surface area (Å²) in [5, 5.41) is 6.29. The van der Waals surface area contributed by atoms with Crippen LogP contribution in [0.3, 0.4) is 0 Å². The Morgan fingerprint density at radius 2 is 1.91 bits per heavy atom. The van der Waals surface area contributed by atoms with Gasteiger partial charge in [0.15, 0.2) is 0 Å². The van der Waals surface area contributed by atoms with Gasteiger partial charge in [0.1, 0.15) is 6.04 Å². The second-order valence-electron chi connectivity index (χ2n) is 6.04. The molecule has 1 aromatic rings. The van der Waals surface area contributed by atoms with Crippen molar-refractivity contribution < 1.29 is 9.59 Å². The number of nitrogens with one attached hydrogen (secondary N) is 2. The molecule has 1 aromatic carbocycles. The smallest absolute Gasteiger partial charge is 0.243 e. The molecule has 2 fully saturated rings. The first kappa shape index (κ1) is 15.0. The summed E-state index contributed by atoms with van der Waals surface area (Å²) < 4.78 is 0. The first-order valence-corrected chi connectivity index (χ1v) is 8.09. The van der Waals surface area contributed by atoms with Crippen LogP contribution in [0.1, 0.15) is 31.2 Å². The van der Waals surface area contributed by atoms with Gasteiger partial charge in [0.05, 0.1) is 0 Å². The van der Waals surface area contributed by atoms with Crippen LogP contribution in [0.2, 0.25) is 0 Å². The normalized spacial score (nSPS) is 22.8. The molecule has 5 nitrogen and oxygen atoms in total. The lowest BCUT2D eigenvalue weighted by molar-refractivity contribution is -0.138. The quantitative estimate of drug-likeness (QED) is 0.874. The molecule has 0 saturated carbocycles. The van der Waals surface area contributed by atoms with Gasteiger partial charge in [0.25, 0.3) is 0 Å². The minimum absolute atomic E-state index is 0.0202. The number of rotatable bonds is 4. The maximum atomic E-state index is 12.5. The molecule has 3 rings (SSSR count). The Labute approximate surface area is 131 Å². The van der Waals surface area contributed by atoms with E-state index in [9.17, 15) is 9.59 Å². The van der Waals surface area contributed by atoms with Crippen LogP contribution >= 0.6 is 0 Å². The van der Waals surface area contributed by atoms with Gasteiger partial charge in [-0.1, -0.05) is 30.3 Å². The summed E-state index contributed by atoms with van der Waals surface area (Å²) in [6.07, 6.45) is 3.01. The Morgan fingerprint density at radius 3 is 2.64 bits per heavy atom. The molecule has 2 N–H and O–H groups in total. The number of piperidine rings is 1. The first-order chi connectivity index (χ1) is 10.8. The van der Waals surface area contributed by atoms with Crippen molar-refractivity contribution in [1.29, 1.82) is 0 Å². The fourth-order valence-corrected chi connectivity index (χ4v) is 3.41. The van der Waals surface area contributed by atoms with Crippen LogP contribution < -0.4 is 10.6 Å². The summed E-state index contributed by atoms with van der Waals surface area (Å²) in [5.74, 6) is 0.111. The molecule has 2 saturated heterocycles. The Kier molecular flexibility index (Phi) is 4.73. The average Bonchev–Trinajstić information content (AvgIpc) is 2.96. The van der Waals surface area contributed by atoms with Crippen molar-refractivity contribution in [1.82, 2.24) is 15.5 Å². The third-order valence-electron chi connectivity index (χ3n) is 4.57. The summed E-state index contributed by atoms with van der Waals surface area (Å²) in [5.41, 5.74) is 1.08. The maximum absolute atomic E-state index is 12.5. The Bertz CT molecular complexity index is 526. The van der Waals surface area contributed by atoms with Gasteiger partial charge in [-0.3, -0.25) is 9.59 Å². The highest BCUT2D eigenvalue weighted by Crippen LogP contribution is 2.25. The van der Waals surface area contributed by atoms with Crippen LogP contribution in [-0.2, 0) is 16.1 Å². The van der Waals surface area contributed by atoms with Gasteiger partial charge in [-0.05, 0) is 37.9 Å².